The molecule has 0 aliphatic heterocycles. The van der Waals surface area contributed by atoms with E-state index < -0.39 is 0 Å². The van der Waals surface area contributed by atoms with E-state index in [1.807, 2.05) is 24.3 Å². The Labute approximate surface area is 191 Å². The van der Waals surface area contributed by atoms with Crippen LogP contribution in [0, 0.1) is 0 Å². The van der Waals surface area contributed by atoms with Gasteiger partial charge in [-0.05, 0) is 71.8 Å². The fourth-order valence-corrected chi connectivity index (χ4v) is 2.70. The maximum absolute atomic E-state index is 11.9. The summed E-state index contributed by atoms with van der Waals surface area (Å²) < 4.78 is 20.9. The summed E-state index contributed by atoms with van der Waals surface area (Å²) in [5.41, 5.74) is 4.63. The molecular weight excluding hydrogens is 424 g/mol. The quantitative estimate of drug-likeness (QED) is 0.289. The van der Waals surface area contributed by atoms with Crippen LogP contribution in [0.15, 0.2) is 77.9 Å². The highest BCUT2D eigenvalue weighted by Gasteiger charge is 2.05. The van der Waals surface area contributed by atoms with Crippen LogP contribution >= 0.6 is 0 Å². The van der Waals surface area contributed by atoms with Gasteiger partial charge in [0.05, 0.1) is 26.0 Å². The number of benzene rings is 3. The van der Waals surface area contributed by atoms with Crippen molar-refractivity contribution in [2.75, 3.05) is 20.8 Å². The van der Waals surface area contributed by atoms with E-state index in [2.05, 4.69) is 15.3 Å². The lowest BCUT2D eigenvalue weighted by molar-refractivity contribution is -0.123. The lowest BCUT2D eigenvalue weighted by atomic mass is 10.1. The molecule has 3 rings (SSSR count). The second-order valence-corrected chi connectivity index (χ2v) is 6.80. The fraction of sp³-hybridized carbons (Fsp3) is 0.160. The molecule has 3 aromatic rings. The van der Waals surface area contributed by atoms with Crippen molar-refractivity contribution in [3.05, 3.63) is 89.5 Å². The second-order valence-electron chi connectivity index (χ2n) is 6.80. The van der Waals surface area contributed by atoms with Gasteiger partial charge in [0.15, 0.2) is 6.61 Å². The number of rotatable bonds is 10. The maximum Gasteiger partial charge on any atom is 0.337 e. The zero-order valence-electron chi connectivity index (χ0n) is 18.3. The van der Waals surface area contributed by atoms with Gasteiger partial charge >= 0.3 is 5.97 Å². The lowest BCUT2D eigenvalue weighted by Crippen LogP contribution is -2.24. The summed E-state index contributed by atoms with van der Waals surface area (Å²) in [4.78, 5) is 23.3. The molecule has 170 valence electrons. The van der Waals surface area contributed by atoms with Crippen molar-refractivity contribution in [1.82, 2.24) is 5.43 Å². The SMILES string of the molecule is COC(=O)c1ccc(COc2ccc(/C=N/NC(=O)COc3ccc(OC)cc3)cc2)cc1. The average Bonchev–Trinajstić information content (AvgIpc) is 2.87. The van der Waals surface area contributed by atoms with Crippen LogP contribution in [0.5, 0.6) is 17.2 Å². The largest absolute Gasteiger partial charge is 0.497 e. The van der Waals surface area contributed by atoms with Crippen molar-refractivity contribution in [2.45, 2.75) is 6.61 Å². The number of nitrogens with one attached hydrogen (secondary N) is 1. The van der Waals surface area contributed by atoms with Crippen molar-refractivity contribution in [2.24, 2.45) is 5.10 Å². The molecule has 0 spiro atoms. The van der Waals surface area contributed by atoms with Crippen molar-refractivity contribution in [1.29, 1.82) is 0 Å². The van der Waals surface area contributed by atoms with Gasteiger partial charge in [0.1, 0.15) is 23.9 Å². The van der Waals surface area contributed by atoms with Gasteiger partial charge in [-0.2, -0.15) is 5.10 Å². The van der Waals surface area contributed by atoms with Gasteiger partial charge < -0.3 is 18.9 Å². The number of ether oxygens (including phenoxy) is 4. The van der Waals surface area contributed by atoms with Crippen molar-refractivity contribution < 1.29 is 28.5 Å². The van der Waals surface area contributed by atoms with Crippen molar-refractivity contribution in [3.63, 3.8) is 0 Å². The van der Waals surface area contributed by atoms with E-state index in [9.17, 15) is 9.59 Å². The monoisotopic (exact) mass is 448 g/mol. The molecule has 1 N–H and O–H groups in total. The van der Waals surface area contributed by atoms with E-state index in [0.717, 1.165) is 11.1 Å². The summed E-state index contributed by atoms with van der Waals surface area (Å²) >= 11 is 0. The normalized spacial score (nSPS) is 10.5. The van der Waals surface area contributed by atoms with E-state index in [0.29, 0.717) is 29.4 Å². The number of nitrogens with zero attached hydrogens (tertiary/aromatic N) is 1. The number of carbonyl (C=O) groups is 2. The third-order valence-electron chi connectivity index (χ3n) is 4.49. The van der Waals surface area contributed by atoms with E-state index in [1.54, 1.807) is 55.6 Å². The smallest absolute Gasteiger partial charge is 0.337 e. The highest BCUT2D eigenvalue weighted by atomic mass is 16.5. The Morgan fingerprint density at radius 1 is 0.818 bits per heavy atom. The number of methoxy groups -OCH3 is 2. The Balaban J connectivity index is 1.41. The Morgan fingerprint density at radius 2 is 1.42 bits per heavy atom. The number of hydrazone groups is 1. The Bertz CT molecular complexity index is 1080. The summed E-state index contributed by atoms with van der Waals surface area (Å²) in [5, 5.41) is 3.93. The van der Waals surface area contributed by atoms with E-state index in [1.165, 1.54) is 13.3 Å². The zero-order valence-corrected chi connectivity index (χ0v) is 18.3. The molecule has 0 radical (unpaired) electrons. The minimum Gasteiger partial charge on any atom is -0.497 e. The number of esters is 1. The second kappa shape index (κ2) is 11.9. The molecule has 8 heteroatoms. The van der Waals surface area contributed by atoms with Crippen LogP contribution in [0.4, 0.5) is 0 Å². The van der Waals surface area contributed by atoms with E-state index in [4.69, 9.17) is 14.2 Å². The molecular formula is C25H24N2O6. The van der Waals surface area contributed by atoms with Gasteiger partial charge in [-0.3, -0.25) is 4.79 Å². The molecule has 0 aliphatic rings. The molecule has 8 nitrogen and oxygen atoms in total. The van der Waals surface area contributed by atoms with Crippen molar-refractivity contribution in [3.8, 4) is 17.2 Å². The van der Waals surface area contributed by atoms with Crippen LogP contribution < -0.4 is 19.6 Å². The van der Waals surface area contributed by atoms with Crippen LogP contribution in [0.2, 0.25) is 0 Å². The number of hydrogen-bond acceptors (Lipinski definition) is 7. The Hall–Kier alpha value is -4.33. The lowest BCUT2D eigenvalue weighted by Gasteiger charge is -2.07. The first kappa shape index (κ1) is 23.3. The van der Waals surface area contributed by atoms with Crippen LogP contribution in [-0.2, 0) is 16.1 Å². The summed E-state index contributed by atoms with van der Waals surface area (Å²) in [5.74, 6) is 1.20. The molecule has 0 heterocycles. The Morgan fingerprint density at radius 3 is 2.06 bits per heavy atom. The number of amides is 1. The van der Waals surface area contributed by atoms with Crippen molar-refractivity contribution >= 4 is 18.1 Å². The number of hydrogen-bond donors (Lipinski definition) is 1. The summed E-state index contributed by atoms with van der Waals surface area (Å²) in [6.45, 7) is 0.205. The van der Waals surface area contributed by atoms with Crippen LogP contribution in [0.1, 0.15) is 21.5 Å². The fourth-order valence-electron chi connectivity index (χ4n) is 2.70. The molecule has 1 amide bonds. The molecule has 0 aromatic heterocycles. The first-order chi connectivity index (χ1) is 16.1. The first-order valence-electron chi connectivity index (χ1n) is 10.1. The minimum atomic E-state index is -0.375. The summed E-state index contributed by atoms with van der Waals surface area (Å²) in [7, 11) is 2.93. The highest BCUT2D eigenvalue weighted by molar-refractivity contribution is 5.89. The maximum atomic E-state index is 11.9. The van der Waals surface area contributed by atoms with Gasteiger partial charge in [0.25, 0.3) is 5.91 Å². The van der Waals surface area contributed by atoms with Gasteiger partial charge in [-0.15, -0.1) is 0 Å². The van der Waals surface area contributed by atoms with Gasteiger partial charge in [-0.1, -0.05) is 12.1 Å². The summed E-state index contributed by atoms with van der Waals surface area (Å²) in [6.07, 6.45) is 1.53. The third-order valence-corrected chi connectivity index (χ3v) is 4.49. The van der Waals surface area contributed by atoms with Gasteiger partial charge in [0, 0.05) is 0 Å². The molecule has 33 heavy (non-hydrogen) atoms. The molecule has 0 fully saturated rings. The molecule has 0 saturated heterocycles. The molecule has 3 aromatic carbocycles. The Kier molecular flexibility index (Phi) is 8.41. The third kappa shape index (κ3) is 7.39. The molecule has 0 atom stereocenters. The topological polar surface area (TPSA) is 95.5 Å². The van der Waals surface area contributed by atoms with Gasteiger partial charge in [0.2, 0.25) is 0 Å². The molecule has 0 unspecified atom stereocenters. The van der Waals surface area contributed by atoms with Crippen LogP contribution in [0.3, 0.4) is 0 Å². The molecule has 0 bridgehead atoms. The predicted octanol–water partition coefficient (Wildman–Crippen LogP) is 3.59. The molecule has 0 aliphatic carbocycles. The highest BCUT2D eigenvalue weighted by Crippen LogP contribution is 2.17. The first-order valence-corrected chi connectivity index (χ1v) is 10.1. The van der Waals surface area contributed by atoms with E-state index in [-0.39, 0.29) is 18.5 Å². The van der Waals surface area contributed by atoms with E-state index >= 15 is 0 Å². The van der Waals surface area contributed by atoms with Crippen LogP contribution in [0.25, 0.3) is 0 Å². The minimum absolute atomic E-state index is 0.156. The van der Waals surface area contributed by atoms with Crippen LogP contribution in [-0.4, -0.2) is 38.9 Å². The zero-order chi connectivity index (χ0) is 23.5. The summed E-state index contributed by atoms with van der Waals surface area (Å²) in [6, 6.07) is 21.2. The van der Waals surface area contributed by atoms with Gasteiger partial charge in [-0.25, -0.2) is 10.2 Å². The predicted molar refractivity (Wildman–Crippen MR) is 123 cm³/mol. The molecule has 0 saturated carbocycles. The number of carbonyl (C=O) groups excluding carboxylic acids is 2. The standard InChI is InChI=1S/C25H24N2O6/c1-30-21-11-13-23(14-12-21)33-17-24(28)27-26-15-18-5-9-22(10-6-18)32-16-19-3-7-20(8-4-19)25(29)31-2/h3-15H,16-17H2,1-2H3,(H,27,28)/b26-15+. The average molecular weight is 448 g/mol.